The molecule has 0 saturated heterocycles. The van der Waals surface area contributed by atoms with Crippen LogP contribution in [0.5, 0.6) is 0 Å². The number of thioether (sulfide) groups is 1. The number of anilines is 1. The number of rotatable bonds is 3. The summed E-state index contributed by atoms with van der Waals surface area (Å²) < 4.78 is 13.6. The van der Waals surface area contributed by atoms with Gasteiger partial charge in [-0.15, -0.1) is 11.8 Å². The van der Waals surface area contributed by atoms with Gasteiger partial charge >= 0.3 is 0 Å². The van der Waals surface area contributed by atoms with Gasteiger partial charge in [-0.3, -0.25) is 4.79 Å². The van der Waals surface area contributed by atoms with Crippen molar-refractivity contribution in [3.05, 3.63) is 59.4 Å². The molecule has 4 heteroatoms. The molecule has 0 unspecified atom stereocenters. The van der Waals surface area contributed by atoms with Crippen molar-refractivity contribution in [3.63, 3.8) is 0 Å². The molecule has 0 heterocycles. The second-order valence-corrected chi connectivity index (χ2v) is 5.05. The Morgan fingerprint density at radius 2 is 2.00 bits per heavy atom. The lowest BCUT2D eigenvalue weighted by Crippen LogP contribution is -2.14. The Kier molecular flexibility index (Phi) is 4.22. The summed E-state index contributed by atoms with van der Waals surface area (Å²) >= 11 is 1.59. The van der Waals surface area contributed by atoms with Crippen molar-refractivity contribution in [3.8, 4) is 0 Å². The van der Waals surface area contributed by atoms with Crippen molar-refractivity contribution in [2.75, 3.05) is 11.6 Å². The average molecular weight is 275 g/mol. The Balaban J connectivity index is 2.23. The van der Waals surface area contributed by atoms with Gasteiger partial charge < -0.3 is 5.32 Å². The van der Waals surface area contributed by atoms with Gasteiger partial charge in [0, 0.05) is 10.6 Å². The first kappa shape index (κ1) is 13.6. The second kappa shape index (κ2) is 5.89. The van der Waals surface area contributed by atoms with E-state index in [1.807, 2.05) is 31.4 Å². The van der Waals surface area contributed by atoms with Crippen molar-refractivity contribution in [2.45, 2.75) is 11.8 Å². The first-order valence-electron chi connectivity index (χ1n) is 5.81. The van der Waals surface area contributed by atoms with Crippen LogP contribution in [-0.2, 0) is 0 Å². The summed E-state index contributed by atoms with van der Waals surface area (Å²) in [5.74, 6) is -0.941. The number of nitrogens with one attached hydrogen (secondary N) is 1. The zero-order valence-corrected chi connectivity index (χ0v) is 11.6. The fraction of sp³-hybridized carbons (Fsp3) is 0.133. The van der Waals surface area contributed by atoms with Crippen LogP contribution in [0.25, 0.3) is 0 Å². The Morgan fingerprint density at radius 3 is 2.74 bits per heavy atom. The number of aryl methyl sites for hydroxylation is 1. The van der Waals surface area contributed by atoms with Crippen molar-refractivity contribution in [1.29, 1.82) is 0 Å². The minimum Gasteiger partial charge on any atom is -0.322 e. The molecule has 1 amide bonds. The molecule has 0 aliphatic rings. The lowest BCUT2D eigenvalue weighted by Gasteiger charge is -2.08. The van der Waals surface area contributed by atoms with E-state index in [-0.39, 0.29) is 5.56 Å². The monoisotopic (exact) mass is 275 g/mol. The largest absolute Gasteiger partial charge is 0.322 e. The SMILES string of the molecule is CSc1cccc(NC(=O)c2cc(C)ccc2F)c1. The van der Waals surface area contributed by atoms with E-state index in [2.05, 4.69) is 5.32 Å². The number of hydrogen-bond acceptors (Lipinski definition) is 2. The number of carbonyl (C=O) groups excluding carboxylic acids is 1. The molecule has 0 aliphatic carbocycles. The first-order valence-corrected chi connectivity index (χ1v) is 7.04. The van der Waals surface area contributed by atoms with Gasteiger partial charge in [-0.1, -0.05) is 17.7 Å². The van der Waals surface area contributed by atoms with Gasteiger partial charge in [0.2, 0.25) is 0 Å². The highest BCUT2D eigenvalue weighted by Gasteiger charge is 2.12. The minimum absolute atomic E-state index is 0.0644. The Labute approximate surface area is 116 Å². The molecule has 1 N–H and O–H groups in total. The van der Waals surface area contributed by atoms with E-state index in [9.17, 15) is 9.18 Å². The molecule has 98 valence electrons. The summed E-state index contributed by atoms with van der Waals surface area (Å²) in [6, 6.07) is 11.9. The molecule has 0 aliphatic heterocycles. The summed E-state index contributed by atoms with van der Waals surface area (Å²) in [5, 5.41) is 2.71. The van der Waals surface area contributed by atoms with Gasteiger partial charge in [-0.25, -0.2) is 4.39 Å². The highest BCUT2D eigenvalue weighted by Crippen LogP contribution is 2.20. The average Bonchev–Trinajstić information content (AvgIpc) is 2.41. The molecule has 2 nitrogen and oxygen atoms in total. The standard InChI is InChI=1S/C15H14FNOS/c1-10-6-7-14(16)13(8-10)15(18)17-11-4-3-5-12(9-11)19-2/h3-9H,1-2H3,(H,17,18). The van der Waals surface area contributed by atoms with E-state index < -0.39 is 11.7 Å². The zero-order chi connectivity index (χ0) is 13.8. The van der Waals surface area contributed by atoms with Crippen LogP contribution in [0.15, 0.2) is 47.4 Å². The fourth-order valence-corrected chi connectivity index (χ4v) is 2.17. The molecule has 2 aromatic carbocycles. The van der Waals surface area contributed by atoms with Crippen LogP contribution in [0.3, 0.4) is 0 Å². The molecule has 0 atom stereocenters. The number of carbonyl (C=O) groups is 1. The van der Waals surface area contributed by atoms with Gasteiger partial charge in [0.25, 0.3) is 5.91 Å². The molecule has 2 rings (SSSR count). The van der Waals surface area contributed by atoms with E-state index in [1.165, 1.54) is 6.07 Å². The van der Waals surface area contributed by atoms with Crippen LogP contribution < -0.4 is 5.32 Å². The Bertz CT molecular complexity index is 613. The molecule has 2 aromatic rings. The topological polar surface area (TPSA) is 29.1 Å². The van der Waals surface area contributed by atoms with Gasteiger partial charge in [-0.2, -0.15) is 0 Å². The van der Waals surface area contributed by atoms with Crippen LogP contribution in [0.4, 0.5) is 10.1 Å². The van der Waals surface area contributed by atoms with Crippen molar-refractivity contribution < 1.29 is 9.18 Å². The highest BCUT2D eigenvalue weighted by atomic mass is 32.2. The maximum atomic E-state index is 13.6. The number of amides is 1. The van der Waals surface area contributed by atoms with Gasteiger partial charge in [-0.05, 0) is 43.5 Å². The van der Waals surface area contributed by atoms with E-state index in [0.29, 0.717) is 5.69 Å². The van der Waals surface area contributed by atoms with Gasteiger partial charge in [0.1, 0.15) is 5.82 Å². The summed E-state index contributed by atoms with van der Waals surface area (Å²) in [6.07, 6.45) is 1.96. The first-order chi connectivity index (χ1) is 9.10. The minimum atomic E-state index is -0.510. The maximum Gasteiger partial charge on any atom is 0.258 e. The van der Waals surface area contributed by atoms with Crippen LogP contribution >= 0.6 is 11.8 Å². The van der Waals surface area contributed by atoms with E-state index in [1.54, 1.807) is 30.0 Å². The van der Waals surface area contributed by atoms with Crippen molar-refractivity contribution >= 4 is 23.4 Å². The van der Waals surface area contributed by atoms with Crippen molar-refractivity contribution in [2.24, 2.45) is 0 Å². The summed E-state index contributed by atoms with van der Waals surface area (Å²) in [6.45, 7) is 1.82. The fourth-order valence-electron chi connectivity index (χ4n) is 1.71. The van der Waals surface area contributed by atoms with Crippen LogP contribution in [0.1, 0.15) is 15.9 Å². The van der Waals surface area contributed by atoms with Crippen molar-refractivity contribution in [1.82, 2.24) is 0 Å². The molecule has 0 bridgehead atoms. The summed E-state index contributed by atoms with van der Waals surface area (Å²) in [4.78, 5) is 13.1. The number of benzene rings is 2. The molecule has 0 radical (unpaired) electrons. The van der Waals surface area contributed by atoms with E-state index in [0.717, 1.165) is 10.5 Å². The molecule has 0 saturated carbocycles. The third-order valence-electron chi connectivity index (χ3n) is 2.69. The molecule has 19 heavy (non-hydrogen) atoms. The highest BCUT2D eigenvalue weighted by molar-refractivity contribution is 7.98. The predicted octanol–water partition coefficient (Wildman–Crippen LogP) is 4.11. The van der Waals surface area contributed by atoms with E-state index >= 15 is 0 Å². The van der Waals surface area contributed by atoms with Crippen LogP contribution in [-0.4, -0.2) is 12.2 Å². The van der Waals surface area contributed by atoms with E-state index in [4.69, 9.17) is 0 Å². The number of halogens is 1. The molecule has 0 fully saturated rings. The summed E-state index contributed by atoms with van der Waals surface area (Å²) in [7, 11) is 0. The maximum absolute atomic E-state index is 13.6. The second-order valence-electron chi connectivity index (χ2n) is 4.17. The quantitative estimate of drug-likeness (QED) is 0.854. The Morgan fingerprint density at radius 1 is 1.21 bits per heavy atom. The van der Waals surface area contributed by atoms with Gasteiger partial charge in [0.15, 0.2) is 0 Å². The summed E-state index contributed by atoms with van der Waals surface area (Å²) in [5.41, 5.74) is 1.58. The molecule has 0 spiro atoms. The van der Waals surface area contributed by atoms with Crippen LogP contribution in [0, 0.1) is 12.7 Å². The third kappa shape index (κ3) is 3.35. The lowest BCUT2D eigenvalue weighted by atomic mass is 10.1. The van der Waals surface area contributed by atoms with Gasteiger partial charge in [0.05, 0.1) is 5.56 Å². The number of hydrogen-bond donors (Lipinski definition) is 1. The third-order valence-corrected chi connectivity index (χ3v) is 3.42. The lowest BCUT2D eigenvalue weighted by molar-refractivity contribution is 0.102. The normalized spacial score (nSPS) is 10.3. The van der Waals surface area contributed by atoms with Crippen LogP contribution in [0.2, 0.25) is 0 Å². The predicted molar refractivity (Wildman–Crippen MR) is 77.3 cm³/mol. The molecule has 0 aromatic heterocycles. The molecular weight excluding hydrogens is 261 g/mol. The molecular formula is C15H14FNOS. The zero-order valence-electron chi connectivity index (χ0n) is 10.7. The smallest absolute Gasteiger partial charge is 0.258 e. The Hall–Kier alpha value is -1.81.